The minimum absolute atomic E-state index is 0.273. The number of aryl methyl sites for hydroxylation is 2. The van der Waals surface area contributed by atoms with Crippen LogP contribution in [0.25, 0.3) is 0 Å². The van der Waals surface area contributed by atoms with Crippen LogP contribution >= 0.6 is 0 Å². The monoisotopic (exact) mass is 273 g/mol. The van der Waals surface area contributed by atoms with Crippen LogP contribution < -0.4 is 10.1 Å². The molecule has 0 spiro atoms. The summed E-state index contributed by atoms with van der Waals surface area (Å²) in [6.45, 7) is 5.13. The maximum atomic E-state index is 5.27. The van der Waals surface area contributed by atoms with Crippen molar-refractivity contribution in [2.45, 2.75) is 32.9 Å². The molecule has 1 aromatic heterocycles. The largest absolute Gasteiger partial charge is 0.497 e. The molecule has 2 rings (SSSR count). The first-order valence-corrected chi connectivity index (χ1v) is 7.02. The molecule has 1 heterocycles. The van der Waals surface area contributed by atoms with E-state index < -0.39 is 0 Å². The first kappa shape index (κ1) is 14.6. The molecule has 0 aliphatic carbocycles. The van der Waals surface area contributed by atoms with Crippen molar-refractivity contribution in [2.24, 2.45) is 7.05 Å². The van der Waals surface area contributed by atoms with E-state index in [1.54, 1.807) is 7.11 Å². The van der Waals surface area contributed by atoms with E-state index in [-0.39, 0.29) is 6.04 Å². The van der Waals surface area contributed by atoms with Crippen molar-refractivity contribution in [1.82, 2.24) is 15.1 Å². The zero-order valence-electron chi connectivity index (χ0n) is 12.7. The van der Waals surface area contributed by atoms with Crippen molar-refractivity contribution < 1.29 is 4.74 Å². The predicted molar refractivity (Wildman–Crippen MR) is 80.8 cm³/mol. The highest BCUT2D eigenvalue weighted by atomic mass is 16.5. The van der Waals surface area contributed by atoms with E-state index in [0.29, 0.717) is 0 Å². The van der Waals surface area contributed by atoms with Gasteiger partial charge in [-0.1, -0.05) is 19.1 Å². The van der Waals surface area contributed by atoms with E-state index in [2.05, 4.69) is 42.6 Å². The number of ether oxygens (including phenoxy) is 1. The fraction of sp³-hybridized carbons (Fsp3) is 0.438. The van der Waals surface area contributed by atoms with E-state index in [9.17, 15) is 0 Å². The van der Waals surface area contributed by atoms with Crippen molar-refractivity contribution in [3.63, 3.8) is 0 Å². The number of nitrogens with one attached hydrogen (secondary N) is 1. The van der Waals surface area contributed by atoms with Gasteiger partial charge in [0, 0.05) is 31.4 Å². The Hall–Kier alpha value is -1.81. The van der Waals surface area contributed by atoms with Gasteiger partial charge in [0.2, 0.25) is 0 Å². The summed E-state index contributed by atoms with van der Waals surface area (Å²) in [5.41, 5.74) is 3.66. The molecular formula is C16H23N3O. The predicted octanol–water partition coefficient (Wildman–Crippen LogP) is 2.84. The molecule has 0 aliphatic rings. The average molecular weight is 273 g/mol. The Bertz CT molecular complexity index is 563. The van der Waals surface area contributed by atoms with Gasteiger partial charge < -0.3 is 10.1 Å². The molecule has 0 saturated heterocycles. The first-order valence-electron chi connectivity index (χ1n) is 7.02. The molecule has 4 nitrogen and oxygen atoms in total. The third kappa shape index (κ3) is 3.39. The minimum Gasteiger partial charge on any atom is -0.497 e. The summed E-state index contributed by atoms with van der Waals surface area (Å²) in [5.74, 6) is 0.895. The highest BCUT2D eigenvalue weighted by Crippen LogP contribution is 2.19. The SMILES string of the molecule is CCc1nn(C)cc1CN[C@H](C)c1cccc(OC)c1. The van der Waals surface area contributed by atoms with Gasteiger partial charge in [0.1, 0.15) is 5.75 Å². The Labute approximate surface area is 120 Å². The number of hydrogen-bond donors (Lipinski definition) is 1. The van der Waals surface area contributed by atoms with Crippen LogP contribution in [0.15, 0.2) is 30.5 Å². The normalized spacial score (nSPS) is 12.4. The summed E-state index contributed by atoms with van der Waals surface area (Å²) < 4.78 is 7.15. The van der Waals surface area contributed by atoms with Crippen molar-refractivity contribution in [3.8, 4) is 5.75 Å². The second-order valence-electron chi connectivity index (χ2n) is 5.01. The lowest BCUT2D eigenvalue weighted by Gasteiger charge is -2.15. The molecule has 0 fully saturated rings. The van der Waals surface area contributed by atoms with Crippen LogP contribution in [0.4, 0.5) is 0 Å². The topological polar surface area (TPSA) is 39.1 Å². The Morgan fingerprint density at radius 2 is 2.20 bits per heavy atom. The third-order valence-electron chi connectivity index (χ3n) is 3.52. The molecule has 1 N–H and O–H groups in total. The molecule has 4 heteroatoms. The number of benzene rings is 1. The summed E-state index contributed by atoms with van der Waals surface area (Å²) >= 11 is 0. The van der Waals surface area contributed by atoms with Crippen LogP contribution in [0.5, 0.6) is 5.75 Å². The van der Waals surface area contributed by atoms with Crippen LogP contribution in [0.3, 0.4) is 0 Å². The van der Waals surface area contributed by atoms with Crippen molar-refractivity contribution in [2.75, 3.05) is 7.11 Å². The lowest BCUT2D eigenvalue weighted by atomic mass is 10.1. The fourth-order valence-electron chi connectivity index (χ4n) is 2.32. The van der Waals surface area contributed by atoms with Gasteiger partial charge in [-0.2, -0.15) is 5.10 Å². The molecule has 108 valence electrons. The maximum absolute atomic E-state index is 5.27. The van der Waals surface area contributed by atoms with Crippen LogP contribution in [-0.4, -0.2) is 16.9 Å². The van der Waals surface area contributed by atoms with Gasteiger partial charge in [-0.15, -0.1) is 0 Å². The van der Waals surface area contributed by atoms with Crippen molar-refractivity contribution in [3.05, 3.63) is 47.3 Å². The van der Waals surface area contributed by atoms with E-state index >= 15 is 0 Å². The maximum Gasteiger partial charge on any atom is 0.119 e. The summed E-state index contributed by atoms with van der Waals surface area (Å²) in [4.78, 5) is 0. The zero-order valence-corrected chi connectivity index (χ0v) is 12.7. The van der Waals surface area contributed by atoms with E-state index in [0.717, 1.165) is 24.4 Å². The van der Waals surface area contributed by atoms with Gasteiger partial charge in [-0.05, 0) is 31.0 Å². The molecular weight excluding hydrogens is 250 g/mol. The Kier molecular flexibility index (Phi) is 4.79. The molecule has 0 unspecified atom stereocenters. The molecule has 20 heavy (non-hydrogen) atoms. The van der Waals surface area contributed by atoms with Crippen LogP contribution in [0.1, 0.15) is 36.7 Å². The average Bonchev–Trinajstić information content (AvgIpc) is 2.85. The molecule has 0 bridgehead atoms. The summed E-state index contributed by atoms with van der Waals surface area (Å²) in [6, 6.07) is 8.45. The zero-order chi connectivity index (χ0) is 14.5. The second kappa shape index (κ2) is 6.57. The molecule has 0 saturated carbocycles. The Balaban J connectivity index is 2.02. The number of aromatic nitrogens is 2. The molecule has 0 aliphatic heterocycles. The van der Waals surface area contributed by atoms with Gasteiger partial charge in [0.25, 0.3) is 0 Å². The van der Waals surface area contributed by atoms with Crippen LogP contribution in [0, 0.1) is 0 Å². The van der Waals surface area contributed by atoms with Crippen LogP contribution in [0.2, 0.25) is 0 Å². The van der Waals surface area contributed by atoms with E-state index in [1.807, 2.05) is 23.9 Å². The van der Waals surface area contributed by atoms with Gasteiger partial charge in [0.15, 0.2) is 0 Å². The Morgan fingerprint density at radius 1 is 1.40 bits per heavy atom. The number of hydrogen-bond acceptors (Lipinski definition) is 3. The molecule has 0 amide bonds. The van der Waals surface area contributed by atoms with Crippen molar-refractivity contribution >= 4 is 0 Å². The molecule has 0 radical (unpaired) electrons. The van der Waals surface area contributed by atoms with Gasteiger partial charge in [0.05, 0.1) is 12.8 Å². The standard InChI is InChI=1S/C16H23N3O/c1-5-16-14(11-19(3)18-16)10-17-12(2)13-7-6-8-15(9-13)20-4/h6-9,11-12,17H,5,10H2,1-4H3/t12-/m1/s1. The summed E-state index contributed by atoms with van der Waals surface area (Å²) in [7, 11) is 3.66. The highest BCUT2D eigenvalue weighted by molar-refractivity contribution is 5.30. The molecule has 2 aromatic rings. The van der Waals surface area contributed by atoms with Crippen LogP contribution in [-0.2, 0) is 20.0 Å². The molecule has 1 atom stereocenters. The quantitative estimate of drug-likeness (QED) is 0.879. The van der Waals surface area contributed by atoms with E-state index in [1.165, 1.54) is 11.1 Å². The Morgan fingerprint density at radius 3 is 2.90 bits per heavy atom. The first-order chi connectivity index (χ1) is 9.63. The van der Waals surface area contributed by atoms with Crippen molar-refractivity contribution in [1.29, 1.82) is 0 Å². The van der Waals surface area contributed by atoms with Gasteiger partial charge >= 0.3 is 0 Å². The lowest BCUT2D eigenvalue weighted by molar-refractivity contribution is 0.413. The van der Waals surface area contributed by atoms with Gasteiger partial charge in [-0.25, -0.2) is 0 Å². The summed E-state index contributed by atoms with van der Waals surface area (Å²) in [5, 5.41) is 8.01. The highest BCUT2D eigenvalue weighted by Gasteiger charge is 2.09. The summed E-state index contributed by atoms with van der Waals surface area (Å²) in [6.07, 6.45) is 3.05. The minimum atomic E-state index is 0.273. The van der Waals surface area contributed by atoms with E-state index in [4.69, 9.17) is 4.74 Å². The number of methoxy groups -OCH3 is 1. The third-order valence-corrected chi connectivity index (χ3v) is 3.52. The van der Waals surface area contributed by atoms with Gasteiger partial charge in [-0.3, -0.25) is 4.68 Å². The number of rotatable bonds is 6. The second-order valence-corrected chi connectivity index (χ2v) is 5.01. The fourth-order valence-corrected chi connectivity index (χ4v) is 2.32. The number of nitrogens with zero attached hydrogens (tertiary/aromatic N) is 2. The smallest absolute Gasteiger partial charge is 0.119 e. The lowest BCUT2D eigenvalue weighted by Crippen LogP contribution is -2.18. The molecule has 1 aromatic carbocycles.